The van der Waals surface area contributed by atoms with E-state index in [0.717, 1.165) is 0 Å². The number of nitrogens with one attached hydrogen (secondary N) is 1. The lowest BCUT2D eigenvalue weighted by Gasteiger charge is -2.37. The zero-order valence-corrected chi connectivity index (χ0v) is 17.5. The summed E-state index contributed by atoms with van der Waals surface area (Å²) in [5.74, 6) is -0.381. The van der Waals surface area contributed by atoms with Crippen molar-refractivity contribution < 1.29 is 19.1 Å². The first-order valence-electron chi connectivity index (χ1n) is 9.19. The summed E-state index contributed by atoms with van der Waals surface area (Å²) < 4.78 is 5.38. The van der Waals surface area contributed by atoms with Crippen LogP contribution in [0.3, 0.4) is 0 Å². The fraction of sp³-hybridized carbons (Fsp3) is 0.632. The molecule has 0 aromatic carbocycles. The molecule has 1 atom stereocenters. The van der Waals surface area contributed by atoms with Crippen LogP contribution in [0.25, 0.3) is 0 Å². The standard InChI is InChI=1S/C19H29N3O4S/c1-13(2)15(20-16(23)14-7-6-12-27-14)17(24)21-8-10-22(11-9-21)18(25)26-19(3,4)5/h6-7,12-13,15H,8-11H2,1-5H3,(H,20,23). The van der Waals surface area contributed by atoms with Crippen LogP contribution in [0.2, 0.25) is 0 Å². The first-order valence-corrected chi connectivity index (χ1v) is 10.1. The molecule has 0 spiro atoms. The van der Waals surface area contributed by atoms with Crippen molar-refractivity contribution in [3.05, 3.63) is 22.4 Å². The van der Waals surface area contributed by atoms with Gasteiger partial charge in [0.15, 0.2) is 0 Å². The third-order valence-electron chi connectivity index (χ3n) is 4.21. The van der Waals surface area contributed by atoms with Crippen molar-refractivity contribution in [2.24, 2.45) is 5.92 Å². The molecule has 1 saturated heterocycles. The van der Waals surface area contributed by atoms with Crippen LogP contribution < -0.4 is 5.32 Å². The molecule has 27 heavy (non-hydrogen) atoms. The molecular weight excluding hydrogens is 366 g/mol. The second-order valence-corrected chi connectivity index (χ2v) is 8.91. The van der Waals surface area contributed by atoms with Crippen LogP contribution in [-0.4, -0.2) is 65.5 Å². The third kappa shape index (κ3) is 5.95. The van der Waals surface area contributed by atoms with E-state index in [2.05, 4.69) is 5.32 Å². The van der Waals surface area contributed by atoms with Crippen molar-refractivity contribution in [3.63, 3.8) is 0 Å². The molecule has 0 bridgehead atoms. The van der Waals surface area contributed by atoms with Crippen molar-refractivity contribution in [2.45, 2.75) is 46.3 Å². The number of hydrogen-bond donors (Lipinski definition) is 1. The van der Waals surface area contributed by atoms with Gasteiger partial charge in [0.05, 0.1) is 4.88 Å². The summed E-state index contributed by atoms with van der Waals surface area (Å²) >= 11 is 1.34. The summed E-state index contributed by atoms with van der Waals surface area (Å²) in [5.41, 5.74) is -0.543. The number of nitrogens with zero attached hydrogens (tertiary/aromatic N) is 2. The SMILES string of the molecule is CC(C)C(NC(=O)c1cccs1)C(=O)N1CCN(C(=O)OC(C)(C)C)CC1. The highest BCUT2D eigenvalue weighted by atomic mass is 32.1. The highest BCUT2D eigenvalue weighted by molar-refractivity contribution is 7.12. The average molecular weight is 396 g/mol. The minimum Gasteiger partial charge on any atom is -0.444 e. The molecule has 3 amide bonds. The van der Waals surface area contributed by atoms with Crippen LogP contribution in [0.4, 0.5) is 4.79 Å². The maximum atomic E-state index is 12.9. The highest BCUT2D eigenvalue weighted by Crippen LogP contribution is 2.15. The van der Waals surface area contributed by atoms with Gasteiger partial charge >= 0.3 is 6.09 Å². The van der Waals surface area contributed by atoms with Crippen molar-refractivity contribution in [2.75, 3.05) is 26.2 Å². The molecule has 0 radical (unpaired) electrons. The number of thiophene rings is 1. The third-order valence-corrected chi connectivity index (χ3v) is 5.08. The zero-order valence-electron chi connectivity index (χ0n) is 16.7. The van der Waals surface area contributed by atoms with E-state index >= 15 is 0 Å². The van der Waals surface area contributed by atoms with Crippen molar-refractivity contribution in [1.29, 1.82) is 0 Å². The molecule has 0 aliphatic carbocycles. The van der Waals surface area contributed by atoms with Crippen LogP contribution in [0.1, 0.15) is 44.3 Å². The highest BCUT2D eigenvalue weighted by Gasteiger charge is 2.33. The van der Waals surface area contributed by atoms with Gasteiger partial charge in [-0.25, -0.2) is 4.79 Å². The van der Waals surface area contributed by atoms with Crippen LogP contribution in [0.5, 0.6) is 0 Å². The van der Waals surface area contributed by atoms with Crippen molar-refractivity contribution >= 4 is 29.2 Å². The molecule has 1 aromatic heterocycles. The van der Waals surface area contributed by atoms with Gasteiger partial charge in [0.1, 0.15) is 11.6 Å². The van der Waals surface area contributed by atoms with E-state index in [-0.39, 0.29) is 23.8 Å². The number of piperazine rings is 1. The van der Waals surface area contributed by atoms with Crippen LogP contribution >= 0.6 is 11.3 Å². The van der Waals surface area contributed by atoms with Crippen LogP contribution in [0.15, 0.2) is 17.5 Å². The quantitative estimate of drug-likeness (QED) is 0.850. The molecule has 7 nitrogen and oxygen atoms in total. The predicted molar refractivity (Wildman–Crippen MR) is 105 cm³/mol. The number of hydrogen-bond acceptors (Lipinski definition) is 5. The summed E-state index contributed by atoms with van der Waals surface area (Å²) in [4.78, 5) is 41.3. The maximum absolute atomic E-state index is 12.9. The Morgan fingerprint density at radius 3 is 2.19 bits per heavy atom. The Bertz CT molecular complexity index is 659. The smallest absolute Gasteiger partial charge is 0.410 e. The zero-order chi connectivity index (χ0) is 20.2. The summed E-state index contributed by atoms with van der Waals surface area (Å²) in [6.45, 7) is 11.0. The molecule has 1 aliphatic heterocycles. The van der Waals surface area contributed by atoms with Crippen LogP contribution in [0, 0.1) is 5.92 Å². The fourth-order valence-electron chi connectivity index (χ4n) is 2.77. The van der Waals surface area contributed by atoms with E-state index in [4.69, 9.17) is 4.74 Å². The monoisotopic (exact) mass is 395 g/mol. The van der Waals surface area contributed by atoms with Gasteiger partial charge in [-0.05, 0) is 38.1 Å². The molecule has 8 heteroatoms. The Labute approximate surface area is 164 Å². The number of carbonyl (C=O) groups excluding carboxylic acids is 3. The van der Waals surface area contributed by atoms with E-state index in [1.165, 1.54) is 11.3 Å². The lowest BCUT2D eigenvalue weighted by Crippen LogP contribution is -2.57. The van der Waals surface area contributed by atoms with Gasteiger partial charge in [-0.15, -0.1) is 11.3 Å². The molecule has 1 aromatic rings. The van der Waals surface area contributed by atoms with Crippen molar-refractivity contribution in [1.82, 2.24) is 15.1 Å². The predicted octanol–water partition coefficient (Wildman–Crippen LogP) is 2.58. The largest absolute Gasteiger partial charge is 0.444 e. The first kappa shape index (κ1) is 21.2. The van der Waals surface area contributed by atoms with Gasteiger partial charge < -0.3 is 19.9 Å². The molecule has 2 rings (SSSR count). The molecule has 1 aliphatic rings. The normalized spacial score (nSPS) is 16.2. The van der Waals surface area contributed by atoms with Gasteiger partial charge in [-0.3, -0.25) is 9.59 Å². The number of amides is 3. The van der Waals surface area contributed by atoms with Gasteiger partial charge in [0, 0.05) is 26.2 Å². The van der Waals surface area contributed by atoms with E-state index in [0.29, 0.717) is 31.1 Å². The summed E-state index contributed by atoms with van der Waals surface area (Å²) in [6.07, 6.45) is -0.360. The molecule has 0 saturated carbocycles. The molecule has 1 unspecified atom stereocenters. The molecular formula is C19H29N3O4S. The molecule has 2 heterocycles. The summed E-state index contributed by atoms with van der Waals surface area (Å²) in [6, 6.07) is 2.95. The molecule has 1 N–H and O–H groups in total. The minimum atomic E-state index is -0.590. The van der Waals surface area contributed by atoms with E-state index in [9.17, 15) is 14.4 Å². The minimum absolute atomic E-state index is 0.0368. The van der Waals surface area contributed by atoms with E-state index in [1.54, 1.807) is 15.9 Å². The second kappa shape index (κ2) is 8.73. The molecule has 150 valence electrons. The van der Waals surface area contributed by atoms with E-state index in [1.807, 2.05) is 46.1 Å². The van der Waals surface area contributed by atoms with Crippen molar-refractivity contribution in [3.8, 4) is 0 Å². The van der Waals surface area contributed by atoms with Gasteiger partial charge in [0.2, 0.25) is 5.91 Å². The maximum Gasteiger partial charge on any atom is 0.410 e. The second-order valence-electron chi connectivity index (χ2n) is 7.97. The summed E-state index contributed by atoms with van der Waals surface area (Å²) in [5, 5.41) is 4.69. The molecule has 1 fully saturated rings. The van der Waals surface area contributed by atoms with Gasteiger partial charge in [0.25, 0.3) is 5.91 Å². The lowest BCUT2D eigenvalue weighted by atomic mass is 10.0. The number of carbonyl (C=O) groups is 3. The lowest BCUT2D eigenvalue weighted by molar-refractivity contribution is -0.136. The average Bonchev–Trinajstić information content (AvgIpc) is 3.12. The number of ether oxygens (including phenoxy) is 1. The Morgan fingerprint density at radius 1 is 1.11 bits per heavy atom. The Kier molecular flexibility index (Phi) is 6.86. The van der Waals surface area contributed by atoms with Gasteiger partial charge in [-0.1, -0.05) is 19.9 Å². The summed E-state index contributed by atoms with van der Waals surface area (Å²) in [7, 11) is 0. The Hall–Kier alpha value is -2.09. The van der Waals surface area contributed by atoms with E-state index < -0.39 is 11.6 Å². The van der Waals surface area contributed by atoms with Gasteiger partial charge in [-0.2, -0.15) is 0 Å². The number of rotatable bonds is 4. The van der Waals surface area contributed by atoms with Crippen LogP contribution in [-0.2, 0) is 9.53 Å². The topological polar surface area (TPSA) is 79.0 Å². The Balaban J connectivity index is 1.94. The fourth-order valence-corrected chi connectivity index (χ4v) is 3.39. The Morgan fingerprint density at radius 2 is 1.70 bits per heavy atom. The first-order chi connectivity index (χ1) is 12.6.